The van der Waals surface area contributed by atoms with Crippen LogP contribution in [-0.2, 0) is 0 Å². The van der Waals surface area contributed by atoms with E-state index in [0.29, 0.717) is 28.4 Å². The van der Waals surface area contributed by atoms with Gasteiger partial charge in [-0.3, -0.25) is 10.1 Å². The van der Waals surface area contributed by atoms with E-state index in [2.05, 4.69) is 20.3 Å². The fourth-order valence-electron chi connectivity index (χ4n) is 2.70. The standard InChI is InChI=1S/C18H13N5O3/c24-14-6-2-4-12(8-14)21-17-15-9-16(22-18(15)20-10-19-17)11-3-1-5-13(7-11)23(25)26/h1-10,24H,(H2,19,20,21,22). The highest BCUT2D eigenvalue weighted by Gasteiger charge is 2.12. The molecule has 3 N–H and O–H groups in total. The normalized spacial score (nSPS) is 10.8. The number of phenolic OH excluding ortho intramolecular Hbond substituents is 1. The lowest BCUT2D eigenvalue weighted by Gasteiger charge is -2.06. The van der Waals surface area contributed by atoms with Crippen molar-refractivity contribution in [2.75, 3.05) is 5.32 Å². The molecule has 0 saturated carbocycles. The topological polar surface area (TPSA) is 117 Å². The summed E-state index contributed by atoms with van der Waals surface area (Å²) < 4.78 is 0. The smallest absolute Gasteiger partial charge is 0.270 e. The molecule has 0 aliphatic heterocycles. The maximum atomic E-state index is 11.0. The molecule has 128 valence electrons. The molecule has 0 aliphatic carbocycles. The lowest BCUT2D eigenvalue weighted by molar-refractivity contribution is -0.384. The molecule has 2 aromatic carbocycles. The van der Waals surface area contributed by atoms with E-state index >= 15 is 0 Å². The zero-order valence-electron chi connectivity index (χ0n) is 13.4. The third-order valence-electron chi connectivity index (χ3n) is 3.90. The van der Waals surface area contributed by atoms with Crippen molar-refractivity contribution in [2.45, 2.75) is 0 Å². The second kappa shape index (κ2) is 6.17. The zero-order chi connectivity index (χ0) is 18.1. The molecule has 0 radical (unpaired) electrons. The van der Waals surface area contributed by atoms with Gasteiger partial charge in [0.25, 0.3) is 5.69 Å². The minimum absolute atomic E-state index is 0.0188. The minimum Gasteiger partial charge on any atom is -0.508 e. The molecule has 0 atom stereocenters. The second-order valence-corrected chi connectivity index (χ2v) is 5.65. The first-order valence-corrected chi connectivity index (χ1v) is 7.75. The Morgan fingerprint density at radius 1 is 1.08 bits per heavy atom. The Bertz CT molecular complexity index is 1120. The van der Waals surface area contributed by atoms with Gasteiger partial charge in [-0.25, -0.2) is 9.97 Å². The Morgan fingerprint density at radius 3 is 2.73 bits per heavy atom. The number of nitrogens with zero attached hydrogens (tertiary/aromatic N) is 3. The number of fused-ring (bicyclic) bond motifs is 1. The summed E-state index contributed by atoms with van der Waals surface area (Å²) in [6, 6.07) is 14.9. The lowest BCUT2D eigenvalue weighted by atomic mass is 10.1. The molecule has 8 heteroatoms. The van der Waals surface area contributed by atoms with E-state index in [1.807, 2.05) is 12.1 Å². The molecule has 4 aromatic rings. The third kappa shape index (κ3) is 2.91. The van der Waals surface area contributed by atoms with Crippen LogP contribution in [0.5, 0.6) is 5.75 Å². The number of anilines is 2. The summed E-state index contributed by atoms with van der Waals surface area (Å²) >= 11 is 0. The first-order valence-electron chi connectivity index (χ1n) is 7.75. The van der Waals surface area contributed by atoms with E-state index in [1.54, 1.807) is 30.3 Å². The van der Waals surface area contributed by atoms with Crippen molar-refractivity contribution in [3.05, 3.63) is 71.0 Å². The van der Waals surface area contributed by atoms with Crippen LogP contribution >= 0.6 is 0 Å². The average molecular weight is 347 g/mol. The van der Waals surface area contributed by atoms with Gasteiger partial charge in [0, 0.05) is 35.1 Å². The highest BCUT2D eigenvalue weighted by molar-refractivity contribution is 5.93. The first kappa shape index (κ1) is 15.6. The van der Waals surface area contributed by atoms with Gasteiger partial charge < -0.3 is 15.4 Å². The average Bonchev–Trinajstić information content (AvgIpc) is 3.07. The number of H-pyrrole nitrogens is 1. The number of non-ortho nitro benzene ring substituents is 1. The number of hydrogen-bond acceptors (Lipinski definition) is 6. The number of aromatic nitrogens is 3. The second-order valence-electron chi connectivity index (χ2n) is 5.65. The molecule has 0 amide bonds. The van der Waals surface area contributed by atoms with Crippen LogP contribution in [0.1, 0.15) is 0 Å². The predicted molar refractivity (Wildman–Crippen MR) is 97.4 cm³/mol. The van der Waals surface area contributed by atoms with Crippen molar-refractivity contribution >= 4 is 28.2 Å². The molecular weight excluding hydrogens is 334 g/mol. The van der Waals surface area contributed by atoms with Crippen molar-refractivity contribution in [3.63, 3.8) is 0 Å². The molecule has 26 heavy (non-hydrogen) atoms. The number of rotatable bonds is 4. The van der Waals surface area contributed by atoms with Crippen molar-refractivity contribution in [3.8, 4) is 17.0 Å². The summed E-state index contributed by atoms with van der Waals surface area (Å²) in [5.74, 6) is 0.709. The Labute approximate surface area is 147 Å². The van der Waals surface area contributed by atoms with Crippen LogP contribution in [0.4, 0.5) is 17.2 Å². The van der Waals surface area contributed by atoms with Crippen LogP contribution in [-0.4, -0.2) is 25.0 Å². The molecular formula is C18H13N5O3. The number of phenols is 1. The number of aromatic hydroxyl groups is 1. The van der Waals surface area contributed by atoms with Gasteiger partial charge in [-0.05, 0) is 18.2 Å². The number of aromatic amines is 1. The van der Waals surface area contributed by atoms with Gasteiger partial charge in [-0.2, -0.15) is 0 Å². The van der Waals surface area contributed by atoms with Crippen LogP contribution in [0.2, 0.25) is 0 Å². The quantitative estimate of drug-likeness (QED) is 0.380. The monoisotopic (exact) mass is 347 g/mol. The van der Waals surface area contributed by atoms with Crippen molar-refractivity contribution in [1.82, 2.24) is 15.0 Å². The Hall–Kier alpha value is -3.94. The number of nitrogens with one attached hydrogen (secondary N) is 2. The zero-order valence-corrected chi connectivity index (χ0v) is 13.4. The van der Waals surface area contributed by atoms with Crippen LogP contribution in [0.15, 0.2) is 60.9 Å². The molecule has 0 saturated heterocycles. The number of nitro benzene ring substituents is 1. The van der Waals surface area contributed by atoms with E-state index < -0.39 is 4.92 Å². The predicted octanol–water partition coefficient (Wildman–Crippen LogP) is 3.98. The van der Waals surface area contributed by atoms with E-state index in [9.17, 15) is 15.2 Å². The summed E-state index contributed by atoms with van der Waals surface area (Å²) in [6.45, 7) is 0. The first-order chi connectivity index (χ1) is 12.6. The lowest BCUT2D eigenvalue weighted by Crippen LogP contribution is -1.94. The third-order valence-corrected chi connectivity index (χ3v) is 3.90. The van der Waals surface area contributed by atoms with Crippen molar-refractivity contribution in [1.29, 1.82) is 0 Å². The molecule has 2 heterocycles. The van der Waals surface area contributed by atoms with Gasteiger partial charge in [-0.15, -0.1) is 0 Å². The highest BCUT2D eigenvalue weighted by atomic mass is 16.6. The number of hydrogen-bond donors (Lipinski definition) is 3. The summed E-state index contributed by atoms with van der Waals surface area (Å²) in [7, 11) is 0. The van der Waals surface area contributed by atoms with Crippen LogP contribution < -0.4 is 5.32 Å². The SMILES string of the molecule is O=[N+]([O-])c1cccc(-c2cc3c(Nc4cccc(O)c4)ncnc3[nH]2)c1. The van der Waals surface area contributed by atoms with Gasteiger partial charge in [0.05, 0.1) is 10.3 Å². The highest BCUT2D eigenvalue weighted by Crippen LogP contribution is 2.30. The van der Waals surface area contributed by atoms with Crippen LogP contribution in [0, 0.1) is 10.1 Å². The molecule has 0 spiro atoms. The molecule has 0 aliphatic rings. The molecule has 0 fully saturated rings. The van der Waals surface area contributed by atoms with Gasteiger partial charge >= 0.3 is 0 Å². The van der Waals surface area contributed by atoms with Gasteiger partial charge in [-0.1, -0.05) is 18.2 Å². The fourth-order valence-corrected chi connectivity index (χ4v) is 2.70. The van der Waals surface area contributed by atoms with Crippen LogP contribution in [0.3, 0.4) is 0 Å². The fraction of sp³-hybridized carbons (Fsp3) is 0. The van der Waals surface area contributed by atoms with Crippen molar-refractivity contribution in [2.24, 2.45) is 0 Å². The summed E-state index contributed by atoms with van der Waals surface area (Å²) in [5, 5.41) is 24.5. The minimum atomic E-state index is -0.430. The molecule has 2 aromatic heterocycles. The maximum Gasteiger partial charge on any atom is 0.270 e. The molecule has 4 rings (SSSR count). The molecule has 0 unspecified atom stereocenters. The number of nitro groups is 1. The van der Waals surface area contributed by atoms with Gasteiger partial charge in [0.2, 0.25) is 0 Å². The largest absolute Gasteiger partial charge is 0.508 e. The van der Waals surface area contributed by atoms with E-state index in [0.717, 1.165) is 5.39 Å². The summed E-state index contributed by atoms with van der Waals surface area (Å²) in [4.78, 5) is 22.2. The molecule has 8 nitrogen and oxygen atoms in total. The molecule has 0 bridgehead atoms. The Morgan fingerprint density at radius 2 is 1.92 bits per heavy atom. The van der Waals surface area contributed by atoms with Gasteiger partial charge in [0.1, 0.15) is 23.5 Å². The van der Waals surface area contributed by atoms with Crippen molar-refractivity contribution < 1.29 is 10.0 Å². The van der Waals surface area contributed by atoms with Crippen LogP contribution in [0.25, 0.3) is 22.3 Å². The van der Waals surface area contributed by atoms with E-state index in [-0.39, 0.29) is 11.4 Å². The van der Waals surface area contributed by atoms with E-state index in [1.165, 1.54) is 18.5 Å². The maximum absolute atomic E-state index is 11.0. The van der Waals surface area contributed by atoms with Gasteiger partial charge in [0.15, 0.2) is 0 Å². The summed E-state index contributed by atoms with van der Waals surface area (Å²) in [6.07, 6.45) is 1.42. The Balaban J connectivity index is 1.76. The summed E-state index contributed by atoms with van der Waals surface area (Å²) in [5.41, 5.74) is 2.68. The number of benzene rings is 2. The Kier molecular flexibility index (Phi) is 3.70. The van der Waals surface area contributed by atoms with E-state index in [4.69, 9.17) is 0 Å².